The van der Waals surface area contributed by atoms with E-state index in [1.54, 1.807) is 19.1 Å². The molecule has 0 spiro atoms. The third-order valence-electron chi connectivity index (χ3n) is 6.59. The summed E-state index contributed by atoms with van der Waals surface area (Å²) in [6.07, 6.45) is -0.669. The van der Waals surface area contributed by atoms with Crippen molar-refractivity contribution in [2.45, 2.75) is 24.5 Å². The number of imide groups is 1. The fourth-order valence-electron chi connectivity index (χ4n) is 4.84. The van der Waals surface area contributed by atoms with E-state index in [9.17, 15) is 9.59 Å². The Morgan fingerprint density at radius 2 is 1.29 bits per heavy atom. The number of carbonyl (C=O) groups is 2. The van der Waals surface area contributed by atoms with Gasteiger partial charge >= 0.3 is 6.09 Å². The van der Waals surface area contributed by atoms with Crippen LogP contribution in [0.3, 0.4) is 0 Å². The summed E-state index contributed by atoms with van der Waals surface area (Å²) in [5.41, 5.74) is 1.96. The summed E-state index contributed by atoms with van der Waals surface area (Å²) < 4.78 is 6.27. The number of ether oxygens (including phenoxy) is 1. The normalized spacial score (nSPS) is 17.6. The van der Waals surface area contributed by atoms with Gasteiger partial charge in [0.1, 0.15) is 6.04 Å². The summed E-state index contributed by atoms with van der Waals surface area (Å²) in [5.74, 6) is -0.909. The van der Waals surface area contributed by atoms with Crippen molar-refractivity contribution in [3.05, 3.63) is 143 Å². The molecular formula is C30H24ClNO3. The Labute approximate surface area is 209 Å². The quantitative estimate of drug-likeness (QED) is 0.305. The molecule has 1 aliphatic rings. The summed E-state index contributed by atoms with van der Waals surface area (Å²) in [6, 6.07) is 35.2. The number of cyclic esters (lactones) is 1. The average Bonchev–Trinajstić information content (AvgIpc) is 3.23. The molecule has 2 amide bonds. The fraction of sp³-hybridized carbons (Fsp3) is 0.133. The van der Waals surface area contributed by atoms with Crippen LogP contribution < -0.4 is 0 Å². The molecule has 1 fully saturated rings. The van der Waals surface area contributed by atoms with E-state index in [0.717, 1.165) is 22.3 Å². The smallest absolute Gasteiger partial charge is 0.418 e. The first kappa shape index (κ1) is 22.9. The summed E-state index contributed by atoms with van der Waals surface area (Å²) in [5, 5.41) is 0.586. The van der Waals surface area contributed by atoms with Crippen molar-refractivity contribution in [1.82, 2.24) is 4.90 Å². The Morgan fingerprint density at radius 3 is 1.80 bits per heavy atom. The number of hydrogen-bond donors (Lipinski definition) is 0. The first-order chi connectivity index (χ1) is 17.0. The van der Waals surface area contributed by atoms with Gasteiger partial charge in [-0.3, -0.25) is 4.79 Å². The van der Waals surface area contributed by atoms with E-state index in [-0.39, 0.29) is 5.91 Å². The van der Waals surface area contributed by atoms with Gasteiger partial charge in [-0.05, 0) is 30.2 Å². The summed E-state index contributed by atoms with van der Waals surface area (Å²) >= 11 is 6.05. The zero-order valence-electron chi connectivity index (χ0n) is 19.2. The number of rotatable bonds is 5. The highest BCUT2D eigenvalue weighted by Crippen LogP contribution is 2.53. The van der Waals surface area contributed by atoms with Crippen LogP contribution in [0.1, 0.15) is 41.1 Å². The number of nitrogens with zero attached hydrogens (tertiary/aromatic N) is 1. The monoisotopic (exact) mass is 481 g/mol. The lowest BCUT2D eigenvalue weighted by Gasteiger charge is -2.36. The van der Waals surface area contributed by atoms with E-state index in [2.05, 4.69) is 0 Å². The Morgan fingerprint density at radius 1 is 0.800 bits per heavy atom. The molecule has 0 unspecified atom stereocenters. The molecule has 0 radical (unpaired) electrons. The van der Waals surface area contributed by atoms with Gasteiger partial charge in [0.05, 0.1) is 5.92 Å². The van der Waals surface area contributed by atoms with Crippen molar-refractivity contribution in [3.8, 4) is 0 Å². The maximum atomic E-state index is 14.0. The number of benzene rings is 4. The number of carbonyl (C=O) groups excluding carboxylic acids is 2. The topological polar surface area (TPSA) is 46.6 Å². The van der Waals surface area contributed by atoms with Crippen LogP contribution in [0.4, 0.5) is 4.79 Å². The fourth-order valence-corrected chi connectivity index (χ4v) is 4.97. The third kappa shape index (κ3) is 4.00. The minimum Gasteiger partial charge on any atom is -0.430 e. The van der Waals surface area contributed by atoms with Crippen LogP contribution in [0.2, 0.25) is 5.02 Å². The van der Waals surface area contributed by atoms with Gasteiger partial charge in [-0.15, -0.1) is 0 Å². The van der Waals surface area contributed by atoms with Crippen molar-refractivity contribution in [2.24, 2.45) is 0 Å². The molecule has 0 N–H and O–H groups in total. The van der Waals surface area contributed by atoms with E-state index in [0.29, 0.717) is 5.02 Å². The number of halogens is 1. The van der Waals surface area contributed by atoms with Crippen molar-refractivity contribution in [2.75, 3.05) is 0 Å². The van der Waals surface area contributed by atoms with Crippen molar-refractivity contribution < 1.29 is 14.3 Å². The molecule has 1 saturated heterocycles. The van der Waals surface area contributed by atoms with Gasteiger partial charge in [-0.25, -0.2) is 9.69 Å². The van der Waals surface area contributed by atoms with Crippen LogP contribution in [0, 0.1) is 0 Å². The van der Waals surface area contributed by atoms with E-state index in [4.69, 9.17) is 16.3 Å². The molecule has 4 aromatic rings. The summed E-state index contributed by atoms with van der Waals surface area (Å²) in [7, 11) is 0. The lowest BCUT2D eigenvalue weighted by molar-refractivity contribution is -0.131. The highest BCUT2D eigenvalue weighted by molar-refractivity contribution is 6.30. The second-order valence-corrected chi connectivity index (χ2v) is 9.07. The molecule has 174 valence electrons. The van der Waals surface area contributed by atoms with Crippen LogP contribution in [0.15, 0.2) is 115 Å². The summed E-state index contributed by atoms with van der Waals surface area (Å²) in [6.45, 7) is 1.80. The summed E-state index contributed by atoms with van der Waals surface area (Å²) in [4.78, 5) is 28.9. The molecule has 4 nitrogen and oxygen atoms in total. The molecule has 35 heavy (non-hydrogen) atoms. The third-order valence-corrected chi connectivity index (χ3v) is 6.84. The minimum absolute atomic E-state index is 0.333. The van der Waals surface area contributed by atoms with Crippen LogP contribution >= 0.6 is 11.6 Å². The zero-order valence-corrected chi connectivity index (χ0v) is 19.9. The molecule has 4 aromatic carbocycles. The molecule has 1 heterocycles. The average molecular weight is 482 g/mol. The largest absolute Gasteiger partial charge is 0.430 e. The van der Waals surface area contributed by atoms with Gasteiger partial charge < -0.3 is 4.74 Å². The Balaban J connectivity index is 1.71. The van der Waals surface area contributed by atoms with Gasteiger partial charge in [0.15, 0.2) is 5.60 Å². The molecule has 0 aliphatic carbocycles. The van der Waals surface area contributed by atoms with E-state index >= 15 is 0 Å². The second kappa shape index (κ2) is 9.40. The molecule has 0 bridgehead atoms. The highest BCUT2D eigenvalue weighted by Gasteiger charge is 2.59. The first-order valence-corrected chi connectivity index (χ1v) is 11.9. The van der Waals surface area contributed by atoms with Crippen LogP contribution in [-0.4, -0.2) is 16.9 Å². The standard InChI is InChI=1S/C30H24ClNO3/c1-21(22-17-19-26(31)20-18-22)28(33)32-27(23-11-5-2-6-12-23)30(35-29(32)34,24-13-7-3-8-14-24)25-15-9-4-10-16-25/h2-21,27H,1H3/t21-,27-/m1/s1. The van der Waals surface area contributed by atoms with Crippen molar-refractivity contribution >= 4 is 23.6 Å². The molecule has 2 atom stereocenters. The number of hydrogen-bond acceptors (Lipinski definition) is 3. The maximum absolute atomic E-state index is 14.0. The molecule has 0 saturated carbocycles. The van der Waals surface area contributed by atoms with E-state index < -0.39 is 23.7 Å². The first-order valence-electron chi connectivity index (χ1n) is 11.5. The zero-order chi connectivity index (χ0) is 24.4. The van der Waals surface area contributed by atoms with Crippen LogP contribution in [0.5, 0.6) is 0 Å². The lowest BCUT2D eigenvalue weighted by atomic mass is 9.77. The maximum Gasteiger partial charge on any atom is 0.418 e. The van der Waals surface area contributed by atoms with Gasteiger partial charge in [0.25, 0.3) is 0 Å². The SMILES string of the molecule is C[C@@H](C(=O)N1C(=O)OC(c2ccccc2)(c2ccccc2)[C@H]1c1ccccc1)c1ccc(Cl)cc1. The van der Waals surface area contributed by atoms with Gasteiger partial charge in [-0.2, -0.15) is 0 Å². The van der Waals surface area contributed by atoms with Gasteiger partial charge in [0.2, 0.25) is 5.91 Å². The van der Waals surface area contributed by atoms with Crippen LogP contribution in [-0.2, 0) is 15.1 Å². The Kier molecular flexibility index (Phi) is 6.14. The van der Waals surface area contributed by atoms with Crippen molar-refractivity contribution in [1.29, 1.82) is 0 Å². The highest BCUT2D eigenvalue weighted by atomic mass is 35.5. The molecule has 5 heteroatoms. The lowest BCUT2D eigenvalue weighted by Crippen LogP contribution is -2.41. The molecule has 0 aromatic heterocycles. The van der Waals surface area contributed by atoms with Crippen molar-refractivity contribution in [3.63, 3.8) is 0 Å². The van der Waals surface area contributed by atoms with Gasteiger partial charge in [-0.1, -0.05) is 115 Å². The Hall–Kier alpha value is -3.89. The minimum atomic E-state index is -1.21. The molecule has 5 rings (SSSR count). The predicted octanol–water partition coefficient (Wildman–Crippen LogP) is 7.11. The second-order valence-electron chi connectivity index (χ2n) is 8.63. The van der Waals surface area contributed by atoms with Gasteiger partial charge in [0, 0.05) is 16.1 Å². The van der Waals surface area contributed by atoms with Crippen LogP contribution in [0.25, 0.3) is 0 Å². The molecular weight excluding hydrogens is 458 g/mol. The van der Waals surface area contributed by atoms with E-state index in [1.807, 2.05) is 103 Å². The molecule has 1 aliphatic heterocycles. The Bertz CT molecular complexity index is 1290. The van der Waals surface area contributed by atoms with E-state index in [1.165, 1.54) is 4.90 Å². The number of amides is 2. The predicted molar refractivity (Wildman–Crippen MR) is 136 cm³/mol.